The van der Waals surface area contributed by atoms with Gasteiger partial charge in [0.25, 0.3) is 0 Å². The van der Waals surface area contributed by atoms with Crippen molar-refractivity contribution in [1.82, 2.24) is 0 Å². The van der Waals surface area contributed by atoms with Gasteiger partial charge in [-0.1, -0.05) is 114 Å². The molecule has 3 heteroatoms. The van der Waals surface area contributed by atoms with Gasteiger partial charge in [0.15, 0.2) is 0 Å². The Kier molecular flexibility index (Phi) is 7.62. The topological polar surface area (TPSA) is 0 Å². The summed E-state index contributed by atoms with van der Waals surface area (Å²) in [4.78, 5) is 0. The molecule has 0 aliphatic carbocycles. The van der Waals surface area contributed by atoms with Crippen molar-refractivity contribution in [3.8, 4) is 0 Å². The monoisotopic (exact) mass is 440 g/mol. The summed E-state index contributed by atoms with van der Waals surface area (Å²) in [6, 6.07) is 14.5. The largest absolute Gasteiger partial charge is 0.105 e. The zero-order valence-electron chi connectivity index (χ0n) is 20.8. The molecule has 0 amide bonds. The van der Waals surface area contributed by atoms with Crippen LogP contribution >= 0.6 is 0 Å². The van der Waals surface area contributed by atoms with Crippen molar-refractivity contribution in [1.29, 1.82) is 0 Å². The molecule has 0 saturated heterocycles. The van der Waals surface area contributed by atoms with E-state index in [2.05, 4.69) is 103 Å². The number of hydrogen-bond acceptors (Lipinski definition) is 0. The van der Waals surface area contributed by atoms with E-state index in [-0.39, 0.29) is 0 Å². The van der Waals surface area contributed by atoms with Gasteiger partial charge >= 0.3 is 0 Å². The van der Waals surface area contributed by atoms with Crippen LogP contribution in [0.4, 0.5) is 0 Å². The molecule has 0 heterocycles. The van der Waals surface area contributed by atoms with Crippen molar-refractivity contribution in [2.24, 2.45) is 0 Å². The average Bonchev–Trinajstić information content (AvgIpc) is 2.66. The van der Waals surface area contributed by atoms with E-state index in [4.69, 9.17) is 0 Å². The number of hydrogen-bond donors (Lipinski definition) is 0. The molecule has 0 fully saturated rings. The Morgan fingerprint density at radius 3 is 0.897 bits per heavy atom. The van der Waals surface area contributed by atoms with Crippen LogP contribution in [0.1, 0.15) is 49.9 Å². The number of aryl methyl sites for hydroxylation is 4. The van der Waals surface area contributed by atoms with E-state index in [1.54, 1.807) is 22.3 Å². The van der Waals surface area contributed by atoms with Crippen LogP contribution < -0.4 is 10.4 Å². The van der Waals surface area contributed by atoms with Crippen LogP contribution in [0.5, 0.6) is 0 Å². The molecule has 0 saturated carbocycles. The first-order valence-electron chi connectivity index (χ1n) is 11.7. The van der Waals surface area contributed by atoms with Gasteiger partial charge in [-0.3, -0.25) is 0 Å². The van der Waals surface area contributed by atoms with E-state index in [9.17, 15) is 0 Å². The minimum Gasteiger partial charge on any atom is -0.0711 e. The van der Waals surface area contributed by atoms with E-state index in [0.29, 0.717) is 0 Å². The summed E-state index contributed by atoms with van der Waals surface area (Å²) in [5, 5.41) is 3.72. The average molecular weight is 441 g/mol. The van der Waals surface area contributed by atoms with Crippen LogP contribution in [0.25, 0.3) is 0 Å². The third-order valence-corrected chi connectivity index (χ3v) is 44.3. The second-order valence-electron chi connectivity index (χ2n) is 10.6. The number of rotatable bonds is 8. The van der Waals surface area contributed by atoms with Crippen molar-refractivity contribution >= 4 is 32.7 Å². The Bertz CT molecular complexity index is 722. The van der Waals surface area contributed by atoms with Crippen LogP contribution in [-0.4, -0.2) is 22.3 Å². The summed E-state index contributed by atoms with van der Waals surface area (Å²) in [5.41, 5.74) is 6.59. The highest BCUT2D eigenvalue weighted by molar-refractivity contribution is 7.76. The second kappa shape index (κ2) is 9.07. The fraction of sp³-hybridized carbons (Fsp3) is 0.538. The Hall–Kier alpha value is -0.909. The molecule has 160 valence electrons. The lowest BCUT2D eigenvalue weighted by Gasteiger charge is -2.54. The highest BCUT2D eigenvalue weighted by Gasteiger charge is 2.59. The first-order chi connectivity index (χ1) is 13.5. The van der Waals surface area contributed by atoms with Gasteiger partial charge in [-0.25, -0.2) is 0 Å². The lowest BCUT2D eigenvalue weighted by atomic mass is 10.1. The van der Waals surface area contributed by atoms with Gasteiger partial charge in [0.05, 0.1) is 0 Å². The molecule has 0 unspecified atom stereocenters. The van der Waals surface area contributed by atoms with E-state index < -0.39 is 22.3 Å². The van der Waals surface area contributed by atoms with Crippen molar-refractivity contribution in [2.45, 2.75) is 92.7 Å². The highest BCUT2D eigenvalue weighted by atomic mass is 29.6. The molecule has 0 aliphatic heterocycles. The van der Waals surface area contributed by atoms with Gasteiger partial charge in [-0.15, -0.1) is 0 Å². The molecule has 2 aromatic carbocycles. The van der Waals surface area contributed by atoms with E-state index in [1.807, 2.05) is 10.4 Å². The molecule has 2 aromatic rings. The van der Waals surface area contributed by atoms with Crippen molar-refractivity contribution in [3.05, 3.63) is 58.7 Å². The normalized spacial score (nSPS) is 13.0. The van der Waals surface area contributed by atoms with Crippen LogP contribution in [0.3, 0.4) is 0 Å². The highest BCUT2D eigenvalue weighted by Crippen LogP contribution is 2.33. The van der Waals surface area contributed by atoms with Crippen LogP contribution in [0, 0.1) is 0 Å². The van der Waals surface area contributed by atoms with Crippen molar-refractivity contribution < 1.29 is 0 Å². The third kappa shape index (κ3) is 4.03. The van der Waals surface area contributed by atoms with Crippen LogP contribution in [-0.2, 0) is 25.7 Å². The van der Waals surface area contributed by atoms with Gasteiger partial charge in [-0.05, 0) is 47.9 Å². The Morgan fingerprint density at radius 1 is 0.483 bits per heavy atom. The van der Waals surface area contributed by atoms with Gasteiger partial charge in [0, 0.05) is 15.2 Å². The lowest BCUT2D eigenvalue weighted by Crippen LogP contribution is -2.86. The summed E-state index contributed by atoms with van der Waals surface area (Å²) in [5.74, 6) is 0. The molecule has 0 spiro atoms. The maximum Gasteiger partial charge on any atom is 0.105 e. The molecule has 0 atom stereocenters. The summed E-state index contributed by atoms with van der Waals surface area (Å²) < 4.78 is 0. The summed E-state index contributed by atoms with van der Waals surface area (Å²) in [6.45, 7) is 25.7. The summed E-state index contributed by atoms with van der Waals surface area (Å²) in [6.07, 6.45) is 4.62. The molecule has 0 radical (unpaired) electrons. The minimum atomic E-state index is -1.94. The first-order valence-corrected chi connectivity index (χ1v) is 22.7. The Balaban J connectivity index is 3.25. The maximum atomic E-state index is 2.70. The molecule has 0 nitrogen and oxygen atoms in total. The standard InChI is InChI=1S/C26H44Si3/c1-11-21-17-15-18-22(12-2)25(21)29(27(5,6)7,28(8,9)10)26-23(13-3)19-16-20-24(26)14-4/h15-20H,11-14H2,1-10H3. The molecule has 29 heavy (non-hydrogen) atoms. The lowest BCUT2D eigenvalue weighted by molar-refractivity contribution is 1.10. The van der Waals surface area contributed by atoms with E-state index in [1.165, 1.54) is 0 Å². The van der Waals surface area contributed by atoms with E-state index >= 15 is 0 Å². The van der Waals surface area contributed by atoms with Gasteiger partial charge < -0.3 is 0 Å². The first kappa shape index (κ1) is 24.4. The second-order valence-corrected chi connectivity index (χ2v) is 37.1. The summed E-state index contributed by atoms with van der Waals surface area (Å²) >= 11 is 0. The smallest absolute Gasteiger partial charge is 0.0711 e. The molecule has 0 N–H and O–H groups in total. The van der Waals surface area contributed by atoms with Gasteiger partial charge in [0.2, 0.25) is 0 Å². The van der Waals surface area contributed by atoms with Crippen LogP contribution in [0.15, 0.2) is 36.4 Å². The van der Waals surface area contributed by atoms with Crippen molar-refractivity contribution in [3.63, 3.8) is 0 Å². The summed E-state index contributed by atoms with van der Waals surface area (Å²) in [7, 11) is -5.02. The Labute approximate surface area is 183 Å². The quantitative estimate of drug-likeness (QED) is 0.420. The van der Waals surface area contributed by atoms with Gasteiger partial charge in [-0.2, -0.15) is 0 Å². The zero-order chi connectivity index (χ0) is 22.0. The van der Waals surface area contributed by atoms with E-state index in [0.717, 1.165) is 25.7 Å². The molecule has 0 aromatic heterocycles. The van der Waals surface area contributed by atoms with Crippen LogP contribution in [0.2, 0.25) is 39.3 Å². The SMILES string of the molecule is CCc1cccc(CC)c1[Si](c1c(CC)cccc1CC)([Si](C)(C)C)[Si](C)(C)C. The minimum absolute atomic E-state index is 1.16. The van der Waals surface area contributed by atoms with Crippen molar-refractivity contribution in [2.75, 3.05) is 0 Å². The molecular formula is C26H44Si3. The molecule has 0 bridgehead atoms. The predicted octanol–water partition coefficient (Wildman–Crippen LogP) is 6.33. The molecule has 2 rings (SSSR count). The predicted molar refractivity (Wildman–Crippen MR) is 142 cm³/mol. The maximum absolute atomic E-state index is 2.70. The fourth-order valence-electron chi connectivity index (χ4n) is 6.20. The number of benzene rings is 2. The Morgan fingerprint density at radius 2 is 0.724 bits per heavy atom. The zero-order valence-corrected chi connectivity index (χ0v) is 23.8. The molecular weight excluding hydrogens is 397 g/mol. The third-order valence-electron chi connectivity index (χ3n) is 7.00. The fourth-order valence-corrected chi connectivity index (χ4v) is 54.5. The van der Waals surface area contributed by atoms with Gasteiger partial charge in [0.1, 0.15) is 7.11 Å². The molecule has 0 aliphatic rings.